The quantitative estimate of drug-likeness (QED) is 0.805. The second-order valence-electron chi connectivity index (χ2n) is 2.97. The number of rotatable bonds is 3. The Bertz CT molecular complexity index is 332. The molecule has 0 unspecified atom stereocenters. The molecule has 0 saturated heterocycles. The van der Waals surface area contributed by atoms with Crippen LogP contribution in [0.2, 0.25) is 0 Å². The van der Waals surface area contributed by atoms with Gasteiger partial charge in [0, 0.05) is 13.2 Å². The zero-order valence-corrected chi connectivity index (χ0v) is 9.76. The van der Waals surface area contributed by atoms with Crippen LogP contribution in [0.4, 0.5) is 5.82 Å². The highest BCUT2D eigenvalue weighted by Gasteiger charge is 2.10. The normalized spacial score (nSPS) is 11.1. The summed E-state index contributed by atoms with van der Waals surface area (Å²) in [4.78, 5) is 19.3. The van der Waals surface area contributed by atoms with Gasteiger partial charge in [0.15, 0.2) is 0 Å². The van der Waals surface area contributed by atoms with E-state index in [4.69, 9.17) is 0 Å². The first-order valence-corrected chi connectivity index (χ1v) is 4.41. The number of halogens is 1. The first kappa shape index (κ1) is 13.6. The number of likely N-dealkylation sites (N-methyl/N-ethyl adjacent to an activating group) is 1. The van der Waals surface area contributed by atoms with E-state index in [1.54, 1.807) is 33.2 Å². The number of nitrogens with zero attached hydrogens (tertiary/aromatic N) is 2. The molecule has 0 radical (unpaired) electrons. The molecule has 84 valence electrons. The summed E-state index contributed by atoms with van der Waals surface area (Å²) in [6.07, 6.45) is 1.65. The number of hydrogen-bond donors (Lipinski definition) is 2. The molecule has 1 aromatic heterocycles. The van der Waals surface area contributed by atoms with Crippen LogP contribution in [0.1, 0.15) is 12.7 Å². The van der Waals surface area contributed by atoms with Gasteiger partial charge in [-0.15, -0.1) is 12.4 Å². The first-order valence-electron chi connectivity index (χ1n) is 4.41. The fraction of sp³-hybridized carbons (Fsp3) is 0.444. The molecule has 0 fully saturated rings. The van der Waals surface area contributed by atoms with Crippen LogP contribution in [0.5, 0.6) is 0 Å². The van der Waals surface area contributed by atoms with Crippen LogP contribution in [0.25, 0.3) is 0 Å². The standard InChI is InChI=1S/C9H14N4O.ClH/c1-6(9(14)10-3)12-8-4-5-11-7(2)13-8;/h4-6H,1-3H3,(H,10,14)(H,11,12,13);1H/t6-;/m1./s1. The third-order valence-corrected chi connectivity index (χ3v) is 1.78. The molecule has 1 rings (SSSR count). The topological polar surface area (TPSA) is 66.9 Å². The summed E-state index contributed by atoms with van der Waals surface area (Å²) < 4.78 is 0. The van der Waals surface area contributed by atoms with Gasteiger partial charge in [0.05, 0.1) is 0 Å². The van der Waals surface area contributed by atoms with E-state index < -0.39 is 0 Å². The number of aromatic nitrogens is 2. The molecule has 0 saturated carbocycles. The van der Waals surface area contributed by atoms with E-state index in [0.29, 0.717) is 11.6 Å². The highest BCUT2D eigenvalue weighted by Crippen LogP contribution is 2.03. The SMILES string of the molecule is CNC(=O)[C@@H](C)Nc1ccnc(C)n1.Cl. The molecule has 15 heavy (non-hydrogen) atoms. The number of aryl methyl sites for hydroxylation is 1. The molecule has 1 heterocycles. The second-order valence-corrected chi connectivity index (χ2v) is 2.97. The molecular formula is C9H15ClN4O. The Morgan fingerprint density at radius 2 is 2.20 bits per heavy atom. The molecule has 0 bridgehead atoms. The van der Waals surface area contributed by atoms with E-state index >= 15 is 0 Å². The summed E-state index contributed by atoms with van der Waals surface area (Å²) >= 11 is 0. The zero-order valence-electron chi connectivity index (χ0n) is 8.94. The van der Waals surface area contributed by atoms with Gasteiger partial charge in [0.25, 0.3) is 0 Å². The van der Waals surface area contributed by atoms with E-state index in [2.05, 4.69) is 20.6 Å². The molecule has 2 N–H and O–H groups in total. The summed E-state index contributed by atoms with van der Waals surface area (Å²) in [6, 6.07) is 1.43. The maximum Gasteiger partial charge on any atom is 0.241 e. The van der Waals surface area contributed by atoms with Crippen molar-refractivity contribution in [2.24, 2.45) is 0 Å². The van der Waals surface area contributed by atoms with Crippen molar-refractivity contribution in [3.8, 4) is 0 Å². The Morgan fingerprint density at radius 1 is 1.53 bits per heavy atom. The van der Waals surface area contributed by atoms with Crippen LogP contribution < -0.4 is 10.6 Å². The van der Waals surface area contributed by atoms with Gasteiger partial charge in [-0.1, -0.05) is 0 Å². The molecular weight excluding hydrogens is 216 g/mol. The fourth-order valence-electron chi connectivity index (χ4n) is 1.04. The first-order chi connectivity index (χ1) is 6.63. The van der Waals surface area contributed by atoms with E-state index in [0.717, 1.165) is 0 Å². The van der Waals surface area contributed by atoms with Crippen LogP contribution in [0.15, 0.2) is 12.3 Å². The molecule has 1 atom stereocenters. The van der Waals surface area contributed by atoms with Gasteiger partial charge in [-0.25, -0.2) is 9.97 Å². The van der Waals surface area contributed by atoms with Gasteiger partial charge in [0.1, 0.15) is 17.7 Å². The van der Waals surface area contributed by atoms with Gasteiger partial charge in [-0.05, 0) is 19.9 Å². The lowest BCUT2D eigenvalue weighted by Gasteiger charge is -2.12. The number of carbonyl (C=O) groups is 1. The Hall–Kier alpha value is -1.36. The van der Waals surface area contributed by atoms with Gasteiger partial charge >= 0.3 is 0 Å². The Balaban J connectivity index is 0.00000196. The van der Waals surface area contributed by atoms with Crippen LogP contribution in [0, 0.1) is 6.92 Å². The summed E-state index contributed by atoms with van der Waals surface area (Å²) in [7, 11) is 1.60. The maximum atomic E-state index is 11.2. The summed E-state index contributed by atoms with van der Waals surface area (Å²) in [5, 5.41) is 5.52. The zero-order chi connectivity index (χ0) is 10.6. The van der Waals surface area contributed by atoms with Crippen molar-refractivity contribution >= 4 is 24.1 Å². The highest BCUT2D eigenvalue weighted by atomic mass is 35.5. The Morgan fingerprint density at radius 3 is 2.73 bits per heavy atom. The Labute approximate surface area is 95.1 Å². The number of nitrogens with one attached hydrogen (secondary N) is 2. The van der Waals surface area contributed by atoms with Crippen molar-refractivity contribution in [2.45, 2.75) is 19.9 Å². The van der Waals surface area contributed by atoms with Crippen LogP contribution in [0.3, 0.4) is 0 Å². The molecule has 0 aromatic carbocycles. The minimum atomic E-state index is -0.297. The third-order valence-electron chi connectivity index (χ3n) is 1.78. The van der Waals surface area contributed by atoms with Crippen molar-refractivity contribution in [2.75, 3.05) is 12.4 Å². The van der Waals surface area contributed by atoms with Crippen LogP contribution in [-0.4, -0.2) is 29.0 Å². The predicted molar refractivity (Wildman–Crippen MR) is 61.2 cm³/mol. The van der Waals surface area contributed by atoms with Crippen molar-refractivity contribution in [3.63, 3.8) is 0 Å². The molecule has 1 aromatic rings. The van der Waals surface area contributed by atoms with Gasteiger partial charge in [-0.2, -0.15) is 0 Å². The molecule has 0 spiro atoms. The summed E-state index contributed by atoms with van der Waals surface area (Å²) in [6.45, 7) is 3.58. The average molecular weight is 231 g/mol. The fourth-order valence-corrected chi connectivity index (χ4v) is 1.04. The van der Waals surface area contributed by atoms with E-state index in [1.165, 1.54) is 0 Å². The molecule has 0 aliphatic heterocycles. The van der Waals surface area contributed by atoms with E-state index in [1.807, 2.05) is 0 Å². The number of carbonyl (C=O) groups excluding carboxylic acids is 1. The number of hydrogen-bond acceptors (Lipinski definition) is 4. The molecule has 0 aliphatic carbocycles. The molecule has 5 nitrogen and oxygen atoms in total. The van der Waals surface area contributed by atoms with Crippen LogP contribution >= 0.6 is 12.4 Å². The van der Waals surface area contributed by atoms with Crippen molar-refractivity contribution < 1.29 is 4.79 Å². The molecule has 0 aliphatic rings. The monoisotopic (exact) mass is 230 g/mol. The minimum absolute atomic E-state index is 0. The average Bonchev–Trinajstić information content (AvgIpc) is 2.16. The smallest absolute Gasteiger partial charge is 0.241 e. The van der Waals surface area contributed by atoms with Gasteiger partial charge in [-0.3, -0.25) is 4.79 Å². The van der Waals surface area contributed by atoms with Gasteiger partial charge < -0.3 is 10.6 Å². The minimum Gasteiger partial charge on any atom is -0.359 e. The molecule has 1 amide bonds. The van der Waals surface area contributed by atoms with Crippen LogP contribution in [-0.2, 0) is 4.79 Å². The number of anilines is 1. The second kappa shape index (κ2) is 6.19. The maximum absolute atomic E-state index is 11.2. The summed E-state index contributed by atoms with van der Waals surface area (Å²) in [5.74, 6) is 1.27. The van der Waals surface area contributed by atoms with Crippen molar-refractivity contribution in [1.29, 1.82) is 0 Å². The highest BCUT2D eigenvalue weighted by molar-refractivity contribution is 5.85. The van der Waals surface area contributed by atoms with Crippen molar-refractivity contribution in [1.82, 2.24) is 15.3 Å². The number of amides is 1. The van der Waals surface area contributed by atoms with E-state index in [-0.39, 0.29) is 24.4 Å². The van der Waals surface area contributed by atoms with Gasteiger partial charge in [0.2, 0.25) is 5.91 Å². The largest absolute Gasteiger partial charge is 0.359 e. The lowest BCUT2D eigenvalue weighted by molar-refractivity contribution is -0.121. The molecule has 6 heteroatoms. The predicted octanol–water partition coefficient (Wildman–Crippen LogP) is 0.753. The summed E-state index contributed by atoms with van der Waals surface area (Å²) in [5.41, 5.74) is 0. The third kappa shape index (κ3) is 4.12. The lowest BCUT2D eigenvalue weighted by atomic mass is 10.3. The van der Waals surface area contributed by atoms with Crippen molar-refractivity contribution in [3.05, 3.63) is 18.1 Å². The Kier molecular flexibility index (Phi) is 5.62. The lowest BCUT2D eigenvalue weighted by Crippen LogP contribution is -2.35. The van der Waals surface area contributed by atoms with E-state index in [9.17, 15) is 4.79 Å².